The lowest BCUT2D eigenvalue weighted by Gasteiger charge is -2.05. The Morgan fingerprint density at radius 3 is 2.62 bits per heavy atom. The molecule has 21 heavy (non-hydrogen) atoms. The van der Waals surface area contributed by atoms with Crippen LogP contribution < -0.4 is 11.1 Å². The van der Waals surface area contributed by atoms with Crippen molar-refractivity contribution in [1.82, 2.24) is 15.3 Å². The molecule has 1 aromatic carbocycles. The van der Waals surface area contributed by atoms with Crippen molar-refractivity contribution in [2.45, 2.75) is 12.1 Å². The molecule has 1 heterocycles. The molecule has 6 nitrogen and oxygen atoms in total. The molecule has 2 aromatic rings. The molecule has 0 unspecified atom stereocenters. The molecule has 3 N–H and O–H groups in total. The minimum atomic E-state index is -0.865. The number of carbonyl (C=O) groups excluding carboxylic acids is 2. The molecule has 0 atom stereocenters. The van der Waals surface area contributed by atoms with Gasteiger partial charge in [0.2, 0.25) is 5.91 Å². The van der Waals surface area contributed by atoms with Crippen molar-refractivity contribution in [3.8, 4) is 11.3 Å². The van der Waals surface area contributed by atoms with Crippen molar-refractivity contribution >= 4 is 23.7 Å². The highest BCUT2D eigenvalue weighted by atomic mass is 32.2. The molecule has 0 radical (unpaired) electrons. The van der Waals surface area contributed by atoms with Gasteiger partial charge in [-0.25, -0.2) is 14.8 Å². The van der Waals surface area contributed by atoms with Gasteiger partial charge in [-0.15, -0.1) is 0 Å². The molecule has 0 aliphatic heterocycles. The highest BCUT2D eigenvalue weighted by molar-refractivity contribution is 7.99. The number of rotatable bonds is 4. The van der Waals surface area contributed by atoms with Gasteiger partial charge < -0.3 is 5.73 Å². The van der Waals surface area contributed by atoms with E-state index in [1.54, 1.807) is 0 Å². The van der Waals surface area contributed by atoms with Crippen LogP contribution in [0.4, 0.5) is 4.79 Å². The first-order valence-corrected chi connectivity index (χ1v) is 7.16. The number of primary amides is 1. The quantitative estimate of drug-likeness (QED) is 0.662. The second-order valence-corrected chi connectivity index (χ2v) is 5.19. The number of carbonyl (C=O) groups is 2. The van der Waals surface area contributed by atoms with Gasteiger partial charge in [0.05, 0.1) is 11.4 Å². The molecule has 0 spiro atoms. The number of amides is 3. The predicted molar refractivity (Wildman–Crippen MR) is 80.7 cm³/mol. The van der Waals surface area contributed by atoms with E-state index in [1.165, 1.54) is 0 Å². The van der Waals surface area contributed by atoms with E-state index in [9.17, 15) is 9.59 Å². The van der Waals surface area contributed by atoms with Crippen LogP contribution in [0.3, 0.4) is 0 Å². The summed E-state index contributed by atoms with van der Waals surface area (Å²) in [5.41, 5.74) is 7.45. The first-order valence-electron chi connectivity index (χ1n) is 6.18. The third-order valence-corrected chi connectivity index (χ3v) is 3.35. The zero-order chi connectivity index (χ0) is 15.2. The molecule has 0 saturated heterocycles. The molecule has 3 amide bonds. The number of nitrogens with zero attached hydrogens (tertiary/aromatic N) is 2. The highest BCUT2D eigenvalue weighted by Crippen LogP contribution is 2.21. The molecule has 2 rings (SSSR count). The number of benzene rings is 1. The Morgan fingerprint density at radius 1 is 1.24 bits per heavy atom. The van der Waals surface area contributed by atoms with Crippen LogP contribution in [0.15, 0.2) is 41.6 Å². The van der Waals surface area contributed by atoms with Crippen molar-refractivity contribution in [3.05, 3.63) is 42.1 Å². The number of aromatic nitrogens is 2. The van der Waals surface area contributed by atoms with E-state index in [0.29, 0.717) is 5.16 Å². The van der Waals surface area contributed by atoms with Crippen LogP contribution >= 0.6 is 11.8 Å². The average molecular weight is 302 g/mol. The summed E-state index contributed by atoms with van der Waals surface area (Å²) in [6.07, 6.45) is 0. The Labute approximate surface area is 126 Å². The van der Waals surface area contributed by atoms with Crippen LogP contribution in [0, 0.1) is 6.92 Å². The summed E-state index contributed by atoms with van der Waals surface area (Å²) in [4.78, 5) is 30.6. The Morgan fingerprint density at radius 2 is 1.95 bits per heavy atom. The normalized spacial score (nSPS) is 10.1. The van der Waals surface area contributed by atoms with Gasteiger partial charge in [0, 0.05) is 11.3 Å². The van der Waals surface area contributed by atoms with Crippen LogP contribution in [0.5, 0.6) is 0 Å². The molecule has 7 heteroatoms. The van der Waals surface area contributed by atoms with Crippen molar-refractivity contribution < 1.29 is 9.59 Å². The maximum Gasteiger partial charge on any atom is 0.318 e. The SMILES string of the molecule is Cc1cc(-c2ccccc2)nc(SCC(=O)NC(N)=O)n1. The predicted octanol–water partition coefficient (Wildman–Crippen LogP) is 1.74. The summed E-state index contributed by atoms with van der Waals surface area (Å²) >= 11 is 1.15. The lowest BCUT2D eigenvalue weighted by molar-refractivity contribution is -0.117. The molecule has 108 valence electrons. The van der Waals surface area contributed by atoms with Crippen molar-refractivity contribution in [1.29, 1.82) is 0 Å². The summed E-state index contributed by atoms with van der Waals surface area (Å²) in [5.74, 6) is -0.445. The molecule has 0 aliphatic carbocycles. The zero-order valence-corrected chi connectivity index (χ0v) is 12.2. The van der Waals surface area contributed by atoms with Gasteiger partial charge in [0.25, 0.3) is 0 Å². The first kappa shape index (κ1) is 15.0. The van der Waals surface area contributed by atoms with Crippen molar-refractivity contribution in [2.75, 3.05) is 5.75 Å². The minimum Gasteiger partial charge on any atom is -0.351 e. The highest BCUT2D eigenvalue weighted by Gasteiger charge is 2.09. The summed E-state index contributed by atoms with van der Waals surface area (Å²) in [5, 5.41) is 2.48. The van der Waals surface area contributed by atoms with Gasteiger partial charge in [-0.05, 0) is 13.0 Å². The largest absolute Gasteiger partial charge is 0.351 e. The first-order chi connectivity index (χ1) is 10.0. The lowest BCUT2D eigenvalue weighted by Crippen LogP contribution is -2.36. The molecule has 0 fully saturated rings. The maximum absolute atomic E-state index is 11.4. The van der Waals surface area contributed by atoms with Gasteiger partial charge in [0.15, 0.2) is 5.16 Å². The van der Waals surface area contributed by atoms with Gasteiger partial charge in [-0.1, -0.05) is 42.1 Å². The van der Waals surface area contributed by atoms with Crippen LogP contribution in [-0.4, -0.2) is 27.7 Å². The molecule has 1 aromatic heterocycles. The van der Waals surface area contributed by atoms with Crippen LogP contribution in [0.2, 0.25) is 0 Å². The van der Waals surface area contributed by atoms with Gasteiger partial charge in [0.1, 0.15) is 0 Å². The van der Waals surface area contributed by atoms with E-state index in [0.717, 1.165) is 28.7 Å². The second kappa shape index (κ2) is 6.85. The summed E-state index contributed by atoms with van der Waals surface area (Å²) < 4.78 is 0. The fourth-order valence-electron chi connectivity index (χ4n) is 1.67. The average Bonchev–Trinajstić information content (AvgIpc) is 2.45. The van der Waals surface area contributed by atoms with Gasteiger partial charge >= 0.3 is 6.03 Å². The third-order valence-electron chi connectivity index (χ3n) is 2.50. The van der Waals surface area contributed by atoms with E-state index in [-0.39, 0.29) is 5.75 Å². The maximum atomic E-state index is 11.4. The standard InChI is InChI=1S/C14H14N4O2S/c1-9-7-11(10-5-3-2-4-6-10)17-14(16-9)21-8-12(19)18-13(15)20/h2-7H,8H2,1H3,(H3,15,18,19,20). The summed E-state index contributed by atoms with van der Waals surface area (Å²) in [6.45, 7) is 1.86. The van der Waals surface area contributed by atoms with Gasteiger partial charge in [-0.3, -0.25) is 10.1 Å². The summed E-state index contributed by atoms with van der Waals surface area (Å²) in [6, 6.07) is 10.7. The summed E-state index contributed by atoms with van der Waals surface area (Å²) in [7, 11) is 0. The van der Waals surface area contributed by atoms with E-state index < -0.39 is 11.9 Å². The number of hydrogen-bond acceptors (Lipinski definition) is 5. The monoisotopic (exact) mass is 302 g/mol. The topological polar surface area (TPSA) is 98.0 Å². The van der Waals surface area contributed by atoms with Crippen molar-refractivity contribution in [3.63, 3.8) is 0 Å². The van der Waals surface area contributed by atoms with Crippen molar-refractivity contribution in [2.24, 2.45) is 5.73 Å². The minimum absolute atomic E-state index is 0.0284. The third kappa shape index (κ3) is 4.57. The second-order valence-electron chi connectivity index (χ2n) is 4.24. The fraction of sp³-hybridized carbons (Fsp3) is 0.143. The van der Waals surface area contributed by atoms with Crippen LogP contribution in [0.25, 0.3) is 11.3 Å². The zero-order valence-electron chi connectivity index (χ0n) is 11.4. The smallest absolute Gasteiger partial charge is 0.318 e. The van der Waals surface area contributed by atoms with E-state index in [2.05, 4.69) is 9.97 Å². The number of imide groups is 1. The Bertz CT molecular complexity index is 661. The number of nitrogens with one attached hydrogen (secondary N) is 1. The number of thioether (sulfide) groups is 1. The van der Waals surface area contributed by atoms with Crippen LogP contribution in [-0.2, 0) is 4.79 Å². The van der Waals surface area contributed by atoms with E-state index in [4.69, 9.17) is 5.73 Å². The fourth-order valence-corrected chi connectivity index (χ4v) is 2.37. The molecular formula is C14H14N4O2S. The Hall–Kier alpha value is -2.41. The number of urea groups is 1. The lowest BCUT2D eigenvalue weighted by atomic mass is 10.1. The van der Waals surface area contributed by atoms with Gasteiger partial charge in [-0.2, -0.15) is 0 Å². The molecule has 0 saturated carbocycles. The number of nitrogens with two attached hydrogens (primary N) is 1. The van der Waals surface area contributed by atoms with Crippen LogP contribution in [0.1, 0.15) is 5.69 Å². The Kier molecular flexibility index (Phi) is 4.89. The molecule has 0 bridgehead atoms. The number of aryl methyl sites for hydroxylation is 1. The Balaban J connectivity index is 2.13. The molecular weight excluding hydrogens is 288 g/mol. The van der Waals surface area contributed by atoms with E-state index >= 15 is 0 Å². The van der Waals surface area contributed by atoms with E-state index in [1.807, 2.05) is 48.6 Å². The molecule has 0 aliphatic rings. The number of hydrogen-bond donors (Lipinski definition) is 2.